The van der Waals surface area contributed by atoms with Gasteiger partial charge in [0.1, 0.15) is 5.82 Å². The van der Waals surface area contributed by atoms with Gasteiger partial charge in [-0.05, 0) is 42.7 Å². The molecule has 0 N–H and O–H groups in total. The molecule has 3 aromatic rings. The van der Waals surface area contributed by atoms with Gasteiger partial charge in [-0.15, -0.1) is 23.1 Å². The Hall–Kier alpha value is -1.39. The van der Waals surface area contributed by atoms with Gasteiger partial charge in [0.25, 0.3) is 0 Å². The van der Waals surface area contributed by atoms with E-state index in [0.717, 1.165) is 9.60 Å². The minimum Gasteiger partial charge on any atom is -0.289 e. The average Bonchev–Trinajstić information content (AvgIpc) is 2.38. The van der Waals surface area contributed by atoms with Crippen molar-refractivity contribution in [2.45, 2.75) is 4.90 Å². The Bertz CT molecular complexity index is 808. The molecule has 0 fully saturated rings. The van der Waals surface area contributed by atoms with Crippen molar-refractivity contribution in [1.82, 2.24) is 0 Å². The summed E-state index contributed by atoms with van der Waals surface area (Å²) in [6, 6.07) is 10.1. The highest BCUT2D eigenvalue weighted by Gasteiger charge is 2.07. The van der Waals surface area contributed by atoms with Gasteiger partial charge in [-0.2, -0.15) is 0 Å². The van der Waals surface area contributed by atoms with Crippen molar-refractivity contribution in [3.63, 3.8) is 0 Å². The lowest BCUT2D eigenvalue weighted by atomic mass is 10.2. The highest BCUT2D eigenvalue weighted by atomic mass is 32.2. The van der Waals surface area contributed by atoms with Crippen LogP contribution in [0.2, 0.25) is 0 Å². The van der Waals surface area contributed by atoms with E-state index in [0.29, 0.717) is 15.5 Å². The van der Waals surface area contributed by atoms with Crippen molar-refractivity contribution >= 4 is 43.3 Å². The van der Waals surface area contributed by atoms with Crippen molar-refractivity contribution in [3.05, 3.63) is 52.4 Å². The first-order chi connectivity index (χ1) is 8.69. The van der Waals surface area contributed by atoms with Gasteiger partial charge >= 0.3 is 0 Å². The fourth-order valence-corrected chi connectivity index (χ4v) is 3.45. The third kappa shape index (κ3) is 1.82. The summed E-state index contributed by atoms with van der Waals surface area (Å²) in [7, 11) is 0. The molecule has 0 spiro atoms. The van der Waals surface area contributed by atoms with E-state index in [4.69, 9.17) is 0 Å². The highest BCUT2D eigenvalue weighted by Crippen LogP contribution is 2.27. The second-order valence-corrected chi connectivity index (χ2v) is 5.90. The van der Waals surface area contributed by atoms with E-state index < -0.39 is 0 Å². The van der Waals surface area contributed by atoms with Gasteiger partial charge in [0.2, 0.25) is 0 Å². The Labute approximate surface area is 111 Å². The molecule has 0 radical (unpaired) electrons. The number of thioether (sulfide) groups is 1. The van der Waals surface area contributed by atoms with Crippen molar-refractivity contribution in [2.75, 3.05) is 6.26 Å². The summed E-state index contributed by atoms with van der Waals surface area (Å²) in [5.41, 5.74) is -0.0188. The maximum absolute atomic E-state index is 13.2. The van der Waals surface area contributed by atoms with Crippen LogP contribution in [0.5, 0.6) is 0 Å². The molecule has 3 rings (SSSR count). The van der Waals surface area contributed by atoms with Gasteiger partial charge in [-0.3, -0.25) is 4.79 Å². The van der Waals surface area contributed by atoms with Crippen LogP contribution in [-0.4, -0.2) is 6.26 Å². The Kier molecular flexibility index (Phi) is 2.84. The molecule has 0 aliphatic carbocycles. The molecular formula is C14H9FOS2. The van der Waals surface area contributed by atoms with E-state index in [1.54, 1.807) is 17.8 Å². The van der Waals surface area contributed by atoms with Gasteiger partial charge in [0.15, 0.2) is 5.43 Å². The zero-order valence-corrected chi connectivity index (χ0v) is 11.2. The third-order valence-corrected chi connectivity index (χ3v) is 4.70. The Morgan fingerprint density at radius 1 is 1.06 bits per heavy atom. The standard InChI is InChI=1S/C14H9FOS2/c1-17-9-3-5-12-11(7-9)14(16)10-4-2-8(15)6-13(10)18-12/h2-7H,1H3. The van der Waals surface area contributed by atoms with E-state index in [9.17, 15) is 9.18 Å². The Morgan fingerprint density at radius 3 is 2.67 bits per heavy atom. The van der Waals surface area contributed by atoms with Crippen LogP contribution in [0, 0.1) is 5.82 Å². The maximum Gasteiger partial charge on any atom is 0.195 e. The van der Waals surface area contributed by atoms with Gasteiger partial charge in [0, 0.05) is 25.1 Å². The molecule has 1 nitrogen and oxygen atoms in total. The van der Waals surface area contributed by atoms with Crippen molar-refractivity contribution in [3.8, 4) is 0 Å². The molecule has 1 heterocycles. The van der Waals surface area contributed by atoms with E-state index in [1.165, 1.54) is 23.5 Å². The summed E-state index contributed by atoms with van der Waals surface area (Å²) in [6.07, 6.45) is 1.98. The first-order valence-electron chi connectivity index (χ1n) is 5.39. The largest absolute Gasteiger partial charge is 0.289 e. The minimum atomic E-state index is -0.307. The van der Waals surface area contributed by atoms with E-state index in [2.05, 4.69) is 0 Å². The van der Waals surface area contributed by atoms with Gasteiger partial charge in [-0.25, -0.2) is 4.39 Å². The lowest BCUT2D eigenvalue weighted by Gasteiger charge is -2.02. The van der Waals surface area contributed by atoms with Crippen LogP contribution in [0.4, 0.5) is 4.39 Å². The van der Waals surface area contributed by atoms with E-state index in [-0.39, 0.29) is 11.2 Å². The van der Waals surface area contributed by atoms with Crippen LogP contribution in [-0.2, 0) is 0 Å². The molecular weight excluding hydrogens is 267 g/mol. The second-order valence-electron chi connectivity index (χ2n) is 3.93. The predicted molar refractivity (Wildman–Crippen MR) is 77.3 cm³/mol. The lowest BCUT2D eigenvalue weighted by Crippen LogP contribution is -2.01. The molecule has 0 atom stereocenters. The zero-order valence-electron chi connectivity index (χ0n) is 9.57. The molecule has 0 unspecified atom stereocenters. The summed E-state index contributed by atoms with van der Waals surface area (Å²) in [5.74, 6) is -0.307. The average molecular weight is 276 g/mol. The van der Waals surface area contributed by atoms with Crippen molar-refractivity contribution < 1.29 is 4.39 Å². The number of halogens is 1. The fraction of sp³-hybridized carbons (Fsp3) is 0.0714. The molecule has 4 heteroatoms. The first kappa shape index (κ1) is 11.7. The summed E-state index contributed by atoms with van der Waals surface area (Å²) < 4.78 is 14.8. The Morgan fingerprint density at radius 2 is 1.89 bits per heavy atom. The smallest absolute Gasteiger partial charge is 0.195 e. The third-order valence-electron chi connectivity index (χ3n) is 2.84. The molecule has 18 heavy (non-hydrogen) atoms. The molecule has 1 aromatic heterocycles. The van der Waals surface area contributed by atoms with Gasteiger partial charge in [0.05, 0.1) is 0 Å². The summed E-state index contributed by atoms with van der Waals surface area (Å²) in [5, 5.41) is 1.30. The van der Waals surface area contributed by atoms with Crippen molar-refractivity contribution in [2.24, 2.45) is 0 Å². The molecule has 0 saturated heterocycles. The van der Waals surface area contributed by atoms with Crippen LogP contribution >= 0.6 is 23.1 Å². The lowest BCUT2D eigenvalue weighted by molar-refractivity contribution is 0.630. The fourth-order valence-electron chi connectivity index (χ4n) is 1.93. The predicted octanol–water partition coefficient (Wildman–Crippen LogP) is 4.28. The maximum atomic E-state index is 13.2. The quantitative estimate of drug-likeness (QED) is 0.487. The van der Waals surface area contributed by atoms with Crippen LogP contribution in [0.3, 0.4) is 0 Å². The molecule has 0 saturated carbocycles. The molecule has 90 valence electrons. The minimum absolute atomic E-state index is 0.0188. The number of benzene rings is 2. The number of hydrogen-bond acceptors (Lipinski definition) is 3. The summed E-state index contributed by atoms with van der Waals surface area (Å²) in [4.78, 5) is 13.4. The molecule has 0 amide bonds. The second kappa shape index (κ2) is 4.37. The Balaban J connectivity index is 2.48. The van der Waals surface area contributed by atoms with Crippen molar-refractivity contribution in [1.29, 1.82) is 0 Å². The summed E-state index contributed by atoms with van der Waals surface area (Å²) >= 11 is 3.06. The zero-order chi connectivity index (χ0) is 12.7. The van der Waals surface area contributed by atoms with Crippen LogP contribution < -0.4 is 5.43 Å². The van der Waals surface area contributed by atoms with E-state index in [1.807, 2.05) is 24.5 Å². The molecule has 0 aliphatic heterocycles. The SMILES string of the molecule is CSc1ccc2sc3cc(F)ccc3c(=O)c2c1. The molecule has 2 aromatic carbocycles. The number of hydrogen-bond donors (Lipinski definition) is 0. The van der Waals surface area contributed by atoms with Gasteiger partial charge < -0.3 is 0 Å². The molecule has 0 bridgehead atoms. The first-order valence-corrected chi connectivity index (χ1v) is 7.43. The number of fused-ring (bicyclic) bond motifs is 2. The highest BCUT2D eigenvalue weighted by molar-refractivity contribution is 7.98. The van der Waals surface area contributed by atoms with Crippen LogP contribution in [0.15, 0.2) is 46.1 Å². The van der Waals surface area contributed by atoms with E-state index >= 15 is 0 Å². The monoisotopic (exact) mass is 276 g/mol. The number of rotatable bonds is 1. The topological polar surface area (TPSA) is 17.1 Å². The van der Waals surface area contributed by atoms with Crippen LogP contribution in [0.1, 0.15) is 0 Å². The van der Waals surface area contributed by atoms with Crippen LogP contribution in [0.25, 0.3) is 20.2 Å². The molecule has 0 aliphatic rings. The summed E-state index contributed by atoms with van der Waals surface area (Å²) in [6.45, 7) is 0. The van der Waals surface area contributed by atoms with Gasteiger partial charge in [-0.1, -0.05) is 0 Å². The normalized spacial score (nSPS) is 11.2.